The lowest BCUT2D eigenvalue weighted by atomic mass is 10.00. The van der Waals surface area contributed by atoms with Crippen molar-refractivity contribution in [3.05, 3.63) is 29.3 Å². The Hall–Kier alpha value is -1.42. The third-order valence-electron chi connectivity index (χ3n) is 5.09. The fourth-order valence-corrected chi connectivity index (χ4v) is 3.74. The largest absolute Gasteiger partial charge is 0.370 e. The summed E-state index contributed by atoms with van der Waals surface area (Å²) in [5.74, 6) is 1.25. The zero-order chi connectivity index (χ0) is 16.2. The van der Waals surface area contributed by atoms with Crippen molar-refractivity contribution in [3.63, 3.8) is 0 Å². The van der Waals surface area contributed by atoms with Crippen molar-refractivity contribution in [2.45, 2.75) is 26.2 Å². The molecule has 1 aromatic rings. The first-order chi connectivity index (χ1) is 11.1. The lowest BCUT2D eigenvalue weighted by Crippen LogP contribution is -2.45. The number of benzene rings is 1. The van der Waals surface area contributed by atoms with Crippen molar-refractivity contribution in [1.29, 1.82) is 0 Å². The zero-order valence-corrected chi connectivity index (χ0v) is 14.6. The third kappa shape index (κ3) is 4.11. The van der Waals surface area contributed by atoms with Crippen LogP contribution < -0.4 is 10.2 Å². The summed E-state index contributed by atoms with van der Waals surface area (Å²) in [7, 11) is 0. The second-order valence-corrected chi connectivity index (χ2v) is 7.31. The number of anilines is 1. The topological polar surface area (TPSA) is 35.6 Å². The standard InChI is InChI=1S/C18H26ClN3O/c1-14-6-9-21(10-7-14)18(23)20-12-15-8-11-22(13-15)17-5-3-2-4-16(17)19/h2-5,14-15H,6-13H2,1H3,(H,20,23). The smallest absolute Gasteiger partial charge is 0.317 e. The highest BCUT2D eigenvalue weighted by Crippen LogP contribution is 2.29. The average molecular weight is 336 g/mol. The number of nitrogens with zero attached hydrogens (tertiary/aromatic N) is 2. The quantitative estimate of drug-likeness (QED) is 0.916. The Balaban J connectivity index is 1.45. The summed E-state index contributed by atoms with van der Waals surface area (Å²) in [5, 5.41) is 3.93. The number of hydrogen-bond donors (Lipinski definition) is 1. The van der Waals surface area contributed by atoms with Gasteiger partial charge in [0.25, 0.3) is 0 Å². The molecule has 1 N–H and O–H groups in total. The van der Waals surface area contributed by atoms with Crippen molar-refractivity contribution in [2.24, 2.45) is 11.8 Å². The molecule has 2 aliphatic rings. The molecule has 3 rings (SSSR count). The van der Waals surface area contributed by atoms with Gasteiger partial charge in [-0.2, -0.15) is 0 Å². The van der Waals surface area contributed by atoms with Crippen LogP contribution in [0.3, 0.4) is 0 Å². The molecular weight excluding hydrogens is 310 g/mol. The van der Waals surface area contributed by atoms with E-state index in [4.69, 9.17) is 11.6 Å². The van der Waals surface area contributed by atoms with E-state index in [-0.39, 0.29) is 6.03 Å². The highest BCUT2D eigenvalue weighted by molar-refractivity contribution is 6.33. The monoisotopic (exact) mass is 335 g/mol. The SMILES string of the molecule is CC1CCN(C(=O)NCC2CCN(c3ccccc3Cl)C2)CC1. The van der Waals surface area contributed by atoms with Crippen molar-refractivity contribution < 1.29 is 4.79 Å². The molecule has 0 aliphatic carbocycles. The molecule has 2 fully saturated rings. The highest BCUT2D eigenvalue weighted by atomic mass is 35.5. The normalized spacial score (nSPS) is 22.4. The molecule has 0 aromatic heterocycles. The summed E-state index contributed by atoms with van der Waals surface area (Å²) in [5.41, 5.74) is 1.10. The van der Waals surface area contributed by atoms with Gasteiger partial charge in [-0.25, -0.2) is 4.79 Å². The molecule has 2 amide bonds. The molecule has 4 nitrogen and oxygen atoms in total. The number of para-hydroxylation sites is 1. The Kier molecular flexibility index (Phi) is 5.31. The molecule has 0 saturated carbocycles. The maximum atomic E-state index is 12.2. The summed E-state index contributed by atoms with van der Waals surface area (Å²) < 4.78 is 0. The number of carbonyl (C=O) groups is 1. The number of urea groups is 1. The summed E-state index contributed by atoms with van der Waals surface area (Å²) >= 11 is 6.27. The summed E-state index contributed by atoms with van der Waals surface area (Å²) in [6, 6.07) is 8.09. The fraction of sp³-hybridized carbons (Fsp3) is 0.611. The fourth-order valence-electron chi connectivity index (χ4n) is 3.48. The van der Waals surface area contributed by atoms with E-state index >= 15 is 0 Å². The van der Waals surface area contributed by atoms with Crippen LogP contribution in [0, 0.1) is 11.8 Å². The lowest BCUT2D eigenvalue weighted by molar-refractivity contribution is 0.173. The Labute approximate surface area is 143 Å². The average Bonchev–Trinajstić information content (AvgIpc) is 3.02. The number of hydrogen-bond acceptors (Lipinski definition) is 2. The summed E-state index contributed by atoms with van der Waals surface area (Å²) in [6.07, 6.45) is 3.34. The Morgan fingerprint density at radius 1 is 1.22 bits per heavy atom. The van der Waals surface area contributed by atoms with Gasteiger partial charge < -0.3 is 15.1 Å². The van der Waals surface area contributed by atoms with Crippen molar-refractivity contribution in [1.82, 2.24) is 10.2 Å². The van der Waals surface area contributed by atoms with Crippen molar-refractivity contribution >= 4 is 23.3 Å². The van der Waals surface area contributed by atoms with Crippen LogP contribution in [-0.4, -0.2) is 43.7 Å². The minimum atomic E-state index is 0.105. The van der Waals surface area contributed by atoms with Gasteiger partial charge in [-0.05, 0) is 43.2 Å². The Morgan fingerprint density at radius 2 is 1.96 bits per heavy atom. The molecule has 0 radical (unpaired) electrons. The van der Waals surface area contributed by atoms with E-state index in [0.29, 0.717) is 5.92 Å². The molecule has 0 spiro atoms. The van der Waals surface area contributed by atoms with E-state index in [9.17, 15) is 4.79 Å². The summed E-state index contributed by atoms with van der Waals surface area (Å²) in [6.45, 7) is 6.77. The first-order valence-corrected chi connectivity index (χ1v) is 9.03. The molecule has 5 heteroatoms. The van der Waals surface area contributed by atoms with Gasteiger partial charge in [0.05, 0.1) is 10.7 Å². The Morgan fingerprint density at radius 3 is 2.70 bits per heavy atom. The number of amides is 2. The minimum Gasteiger partial charge on any atom is -0.370 e. The molecule has 1 aromatic carbocycles. The maximum Gasteiger partial charge on any atom is 0.317 e. The Bertz CT molecular complexity index is 543. The van der Waals surface area contributed by atoms with E-state index in [2.05, 4.69) is 23.2 Å². The van der Waals surface area contributed by atoms with E-state index in [0.717, 1.165) is 68.6 Å². The van der Waals surface area contributed by atoms with E-state index in [1.165, 1.54) is 0 Å². The van der Waals surface area contributed by atoms with Gasteiger partial charge in [0.1, 0.15) is 0 Å². The van der Waals surface area contributed by atoms with Crippen LogP contribution in [0.4, 0.5) is 10.5 Å². The molecule has 23 heavy (non-hydrogen) atoms. The zero-order valence-electron chi connectivity index (χ0n) is 13.8. The van der Waals surface area contributed by atoms with E-state index in [1.54, 1.807) is 0 Å². The minimum absolute atomic E-state index is 0.105. The number of rotatable bonds is 3. The van der Waals surface area contributed by atoms with E-state index in [1.807, 2.05) is 23.1 Å². The molecule has 0 bridgehead atoms. The predicted octanol–water partition coefficient (Wildman–Crippen LogP) is 3.61. The summed E-state index contributed by atoms with van der Waals surface area (Å²) in [4.78, 5) is 16.5. The van der Waals surface area contributed by atoms with Crippen LogP contribution >= 0.6 is 11.6 Å². The number of carbonyl (C=O) groups excluding carboxylic acids is 1. The van der Waals surface area contributed by atoms with Crippen LogP contribution in [0.1, 0.15) is 26.2 Å². The van der Waals surface area contributed by atoms with Crippen LogP contribution in [0.2, 0.25) is 5.02 Å². The molecule has 2 aliphatic heterocycles. The van der Waals surface area contributed by atoms with Crippen LogP contribution in [0.5, 0.6) is 0 Å². The van der Waals surface area contributed by atoms with Gasteiger partial charge in [0, 0.05) is 32.7 Å². The van der Waals surface area contributed by atoms with Gasteiger partial charge in [-0.15, -0.1) is 0 Å². The molecular formula is C18H26ClN3O. The first-order valence-electron chi connectivity index (χ1n) is 8.65. The predicted molar refractivity (Wildman–Crippen MR) is 95.1 cm³/mol. The molecule has 1 unspecified atom stereocenters. The second-order valence-electron chi connectivity index (χ2n) is 6.91. The number of halogens is 1. The van der Waals surface area contributed by atoms with Crippen LogP contribution in [-0.2, 0) is 0 Å². The van der Waals surface area contributed by atoms with Gasteiger partial charge in [-0.3, -0.25) is 0 Å². The van der Waals surface area contributed by atoms with E-state index < -0.39 is 0 Å². The second kappa shape index (κ2) is 7.43. The molecule has 2 saturated heterocycles. The van der Waals surface area contributed by atoms with Gasteiger partial charge in [0.15, 0.2) is 0 Å². The number of nitrogens with one attached hydrogen (secondary N) is 1. The van der Waals surface area contributed by atoms with Gasteiger partial charge in [0.2, 0.25) is 0 Å². The lowest BCUT2D eigenvalue weighted by Gasteiger charge is -2.30. The maximum absolute atomic E-state index is 12.2. The van der Waals surface area contributed by atoms with Crippen molar-refractivity contribution in [3.8, 4) is 0 Å². The van der Waals surface area contributed by atoms with Crippen molar-refractivity contribution in [2.75, 3.05) is 37.6 Å². The third-order valence-corrected chi connectivity index (χ3v) is 5.41. The molecule has 2 heterocycles. The molecule has 1 atom stereocenters. The van der Waals surface area contributed by atoms with Crippen LogP contribution in [0.15, 0.2) is 24.3 Å². The first kappa shape index (κ1) is 16.4. The highest BCUT2D eigenvalue weighted by Gasteiger charge is 2.25. The van der Waals surface area contributed by atoms with Crippen LogP contribution in [0.25, 0.3) is 0 Å². The van der Waals surface area contributed by atoms with Gasteiger partial charge >= 0.3 is 6.03 Å². The van der Waals surface area contributed by atoms with Gasteiger partial charge in [-0.1, -0.05) is 30.7 Å². The number of piperidine rings is 1. The molecule has 126 valence electrons. The number of likely N-dealkylation sites (tertiary alicyclic amines) is 1.